The molecule has 0 saturated carbocycles. The Balaban J connectivity index is 3.07. The second-order valence-electron chi connectivity index (χ2n) is 4.02. The molecule has 0 unspecified atom stereocenters. The van der Waals surface area contributed by atoms with Gasteiger partial charge in [0.05, 0.1) is 6.67 Å². The molecule has 0 fully saturated rings. The van der Waals surface area contributed by atoms with Crippen LogP contribution in [0.4, 0.5) is 5.69 Å². The molecule has 17 heavy (non-hydrogen) atoms. The van der Waals surface area contributed by atoms with E-state index in [0.717, 1.165) is 18.1 Å². The summed E-state index contributed by atoms with van der Waals surface area (Å²) >= 11 is 0. The topological polar surface area (TPSA) is 6.48 Å². The van der Waals surface area contributed by atoms with E-state index in [1.807, 2.05) is 44.4 Å². The zero-order valence-corrected chi connectivity index (χ0v) is 10.6. The van der Waals surface area contributed by atoms with E-state index in [-0.39, 0.29) is 0 Å². The first kappa shape index (κ1) is 13.3. The second kappa shape index (κ2) is 6.71. The molecule has 0 atom stereocenters. The molecule has 90 valence electrons. The highest BCUT2D eigenvalue weighted by atomic mass is 15.3. The molecule has 0 saturated heterocycles. The van der Waals surface area contributed by atoms with Crippen LogP contribution in [0.5, 0.6) is 0 Å². The van der Waals surface area contributed by atoms with Crippen LogP contribution in [0.25, 0.3) is 0 Å². The van der Waals surface area contributed by atoms with E-state index in [2.05, 4.69) is 35.1 Å². The Morgan fingerprint density at radius 3 is 2.29 bits per heavy atom. The number of hydrogen-bond donors (Lipinski definition) is 0. The second-order valence-corrected chi connectivity index (χ2v) is 4.02. The fourth-order valence-electron chi connectivity index (χ4n) is 1.59. The SMILES string of the molecule is C=C/C=C(\C=C)N(CN(C)C)c1ccccc1. The first-order valence-electron chi connectivity index (χ1n) is 5.61. The standard InChI is InChI=1S/C15H20N2/c1-5-10-14(6-2)17(13-16(3)4)15-11-8-7-9-12-15/h5-12H,1-2,13H2,3-4H3/b14-10+. The predicted octanol–water partition coefficient (Wildman–Crippen LogP) is 3.27. The van der Waals surface area contributed by atoms with Crippen LogP contribution < -0.4 is 4.90 Å². The number of hydrogen-bond acceptors (Lipinski definition) is 2. The Labute approximate surface area is 104 Å². The molecular formula is C15H20N2. The minimum absolute atomic E-state index is 0.801. The van der Waals surface area contributed by atoms with Gasteiger partial charge < -0.3 is 4.90 Å². The number of para-hydroxylation sites is 1. The Kier molecular flexibility index (Phi) is 5.24. The van der Waals surface area contributed by atoms with Gasteiger partial charge in [-0.05, 0) is 38.4 Å². The van der Waals surface area contributed by atoms with Crippen molar-refractivity contribution in [2.45, 2.75) is 0 Å². The largest absolute Gasteiger partial charge is 0.328 e. The van der Waals surface area contributed by atoms with E-state index in [1.165, 1.54) is 0 Å². The van der Waals surface area contributed by atoms with Crippen molar-refractivity contribution in [2.24, 2.45) is 0 Å². The molecule has 2 heteroatoms. The monoisotopic (exact) mass is 228 g/mol. The van der Waals surface area contributed by atoms with Gasteiger partial charge in [0.25, 0.3) is 0 Å². The van der Waals surface area contributed by atoms with Gasteiger partial charge in [0, 0.05) is 11.4 Å². The van der Waals surface area contributed by atoms with Crippen molar-refractivity contribution in [1.82, 2.24) is 4.90 Å². The maximum Gasteiger partial charge on any atom is 0.0751 e. The van der Waals surface area contributed by atoms with E-state index in [4.69, 9.17) is 0 Å². The van der Waals surface area contributed by atoms with Crippen molar-refractivity contribution in [3.05, 3.63) is 67.4 Å². The number of allylic oxidation sites excluding steroid dienone is 3. The van der Waals surface area contributed by atoms with Crippen LogP contribution in [-0.4, -0.2) is 25.7 Å². The minimum atomic E-state index is 0.801. The summed E-state index contributed by atoms with van der Waals surface area (Å²) < 4.78 is 0. The maximum absolute atomic E-state index is 3.86. The van der Waals surface area contributed by atoms with Gasteiger partial charge in [0.2, 0.25) is 0 Å². The third-order valence-corrected chi connectivity index (χ3v) is 2.30. The van der Waals surface area contributed by atoms with Crippen LogP contribution in [0.15, 0.2) is 67.4 Å². The molecule has 0 heterocycles. The molecule has 1 aromatic rings. The normalized spacial score (nSPS) is 11.4. The Morgan fingerprint density at radius 1 is 1.18 bits per heavy atom. The van der Waals surface area contributed by atoms with Crippen LogP contribution >= 0.6 is 0 Å². The van der Waals surface area contributed by atoms with Crippen LogP contribution in [0, 0.1) is 0 Å². The number of anilines is 1. The summed E-state index contributed by atoms with van der Waals surface area (Å²) in [5.41, 5.74) is 2.19. The van der Waals surface area contributed by atoms with Crippen LogP contribution in [0.3, 0.4) is 0 Å². The quantitative estimate of drug-likeness (QED) is 0.544. The zero-order chi connectivity index (χ0) is 12.7. The number of benzene rings is 1. The summed E-state index contributed by atoms with van der Waals surface area (Å²) in [6.07, 6.45) is 5.59. The Hall–Kier alpha value is -1.80. The molecule has 0 spiro atoms. The molecule has 0 aliphatic heterocycles. The smallest absolute Gasteiger partial charge is 0.0751 e. The average Bonchev–Trinajstić information content (AvgIpc) is 2.34. The lowest BCUT2D eigenvalue weighted by Crippen LogP contribution is -2.32. The molecular weight excluding hydrogens is 208 g/mol. The molecule has 1 aromatic carbocycles. The predicted molar refractivity (Wildman–Crippen MR) is 76.0 cm³/mol. The van der Waals surface area contributed by atoms with E-state index >= 15 is 0 Å². The lowest BCUT2D eigenvalue weighted by atomic mass is 10.2. The molecule has 2 nitrogen and oxygen atoms in total. The fraction of sp³-hybridized carbons (Fsp3) is 0.200. The summed E-state index contributed by atoms with van der Waals surface area (Å²) in [4.78, 5) is 4.31. The molecule has 0 aliphatic rings. The average molecular weight is 228 g/mol. The maximum atomic E-state index is 3.86. The van der Waals surface area contributed by atoms with E-state index in [0.29, 0.717) is 0 Å². The summed E-state index contributed by atoms with van der Waals surface area (Å²) in [7, 11) is 4.09. The van der Waals surface area contributed by atoms with Gasteiger partial charge in [-0.15, -0.1) is 0 Å². The van der Waals surface area contributed by atoms with E-state index in [1.54, 1.807) is 6.08 Å². The summed E-state index contributed by atoms with van der Waals surface area (Å²) in [5, 5.41) is 0. The highest BCUT2D eigenvalue weighted by molar-refractivity contribution is 5.54. The molecule has 0 aliphatic carbocycles. The van der Waals surface area contributed by atoms with E-state index in [9.17, 15) is 0 Å². The molecule has 0 aromatic heterocycles. The fourth-order valence-corrected chi connectivity index (χ4v) is 1.59. The molecule has 0 bridgehead atoms. The first-order valence-corrected chi connectivity index (χ1v) is 5.61. The number of rotatable bonds is 6. The molecule has 1 rings (SSSR count). The highest BCUT2D eigenvalue weighted by Crippen LogP contribution is 2.19. The van der Waals surface area contributed by atoms with Crippen molar-refractivity contribution < 1.29 is 0 Å². The van der Waals surface area contributed by atoms with Crippen molar-refractivity contribution in [2.75, 3.05) is 25.7 Å². The van der Waals surface area contributed by atoms with Gasteiger partial charge in [0.1, 0.15) is 0 Å². The van der Waals surface area contributed by atoms with Gasteiger partial charge in [-0.2, -0.15) is 0 Å². The van der Waals surface area contributed by atoms with Gasteiger partial charge in [-0.25, -0.2) is 0 Å². The third kappa shape index (κ3) is 3.93. The van der Waals surface area contributed by atoms with Crippen LogP contribution in [0.1, 0.15) is 0 Å². The van der Waals surface area contributed by atoms with E-state index < -0.39 is 0 Å². The van der Waals surface area contributed by atoms with Gasteiger partial charge in [-0.1, -0.05) is 37.4 Å². The summed E-state index contributed by atoms with van der Waals surface area (Å²) in [6, 6.07) is 10.3. The third-order valence-electron chi connectivity index (χ3n) is 2.30. The lowest BCUT2D eigenvalue weighted by molar-refractivity contribution is 0.414. The van der Waals surface area contributed by atoms with Gasteiger partial charge in [0.15, 0.2) is 0 Å². The number of nitrogens with zero attached hydrogens (tertiary/aromatic N) is 2. The van der Waals surface area contributed by atoms with Crippen molar-refractivity contribution in [1.29, 1.82) is 0 Å². The summed E-state index contributed by atoms with van der Waals surface area (Å²) in [6.45, 7) is 8.40. The van der Waals surface area contributed by atoms with Gasteiger partial charge >= 0.3 is 0 Å². The molecule has 0 radical (unpaired) electrons. The van der Waals surface area contributed by atoms with Crippen LogP contribution in [0.2, 0.25) is 0 Å². The minimum Gasteiger partial charge on any atom is -0.328 e. The summed E-state index contributed by atoms with van der Waals surface area (Å²) in [5.74, 6) is 0. The molecule has 0 amide bonds. The Bertz CT molecular complexity index is 391. The lowest BCUT2D eigenvalue weighted by Gasteiger charge is -2.28. The van der Waals surface area contributed by atoms with Crippen molar-refractivity contribution in [3.63, 3.8) is 0 Å². The van der Waals surface area contributed by atoms with Crippen molar-refractivity contribution >= 4 is 5.69 Å². The van der Waals surface area contributed by atoms with Gasteiger partial charge in [-0.3, -0.25) is 4.90 Å². The highest BCUT2D eigenvalue weighted by Gasteiger charge is 2.09. The zero-order valence-electron chi connectivity index (χ0n) is 10.6. The first-order chi connectivity index (χ1) is 8.19. The molecule has 0 N–H and O–H groups in total. The Morgan fingerprint density at radius 2 is 1.82 bits per heavy atom. The van der Waals surface area contributed by atoms with Crippen molar-refractivity contribution in [3.8, 4) is 0 Å². The van der Waals surface area contributed by atoms with Crippen LogP contribution in [-0.2, 0) is 0 Å².